The molecule has 0 bridgehead atoms. The lowest BCUT2D eigenvalue weighted by Gasteiger charge is -2.34. The molecule has 0 spiro atoms. The van der Waals surface area contributed by atoms with E-state index in [1.807, 2.05) is 50.4 Å². The Morgan fingerprint density at radius 1 is 0.864 bits per heavy atom. The molecule has 0 saturated carbocycles. The van der Waals surface area contributed by atoms with Gasteiger partial charge in [0.1, 0.15) is 12.6 Å². The van der Waals surface area contributed by atoms with Crippen LogP contribution in [-0.4, -0.2) is 50.5 Å². The van der Waals surface area contributed by atoms with Gasteiger partial charge in [-0.25, -0.2) is 8.42 Å². The lowest BCUT2D eigenvalue weighted by Crippen LogP contribution is -2.53. The van der Waals surface area contributed by atoms with Gasteiger partial charge in [-0.05, 0) is 79.8 Å². The number of likely N-dealkylation sites (N-methyl/N-ethyl adjacent to an activating group) is 1. The Balaban J connectivity index is 1.78. The van der Waals surface area contributed by atoms with E-state index in [0.29, 0.717) is 17.3 Å². The fourth-order valence-electron chi connectivity index (χ4n) is 4.75. The van der Waals surface area contributed by atoms with E-state index in [2.05, 4.69) is 5.32 Å². The normalized spacial score (nSPS) is 11.9. The largest absolute Gasteiger partial charge is 0.355 e. The van der Waals surface area contributed by atoms with Crippen molar-refractivity contribution in [2.75, 3.05) is 23.7 Å². The summed E-state index contributed by atoms with van der Waals surface area (Å²) in [5.41, 5.74) is 2.92. The van der Waals surface area contributed by atoms with Crippen LogP contribution < -0.4 is 9.62 Å². The number of hydrogen-bond donors (Lipinski definition) is 1. The Hall–Kier alpha value is -3.79. The molecule has 1 atom stereocenters. The first-order chi connectivity index (χ1) is 21.1. The van der Waals surface area contributed by atoms with Crippen molar-refractivity contribution >= 4 is 50.9 Å². The Labute approximate surface area is 269 Å². The Morgan fingerprint density at radius 3 is 2.09 bits per heavy atom. The van der Waals surface area contributed by atoms with Gasteiger partial charge in [0, 0.05) is 29.4 Å². The maximum absolute atomic E-state index is 14.4. The second kappa shape index (κ2) is 15.3. The number of nitrogens with one attached hydrogen (secondary N) is 1. The number of thioether (sulfide) groups is 1. The van der Waals surface area contributed by atoms with Crippen LogP contribution in [0.4, 0.5) is 5.69 Å². The summed E-state index contributed by atoms with van der Waals surface area (Å²) in [5, 5.41) is 3.41. The minimum Gasteiger partial charge on any atom is -0.355 e. The van der Waals surface area contributed by atoms with E-state index in [-0.39, 0.29) is 23.8 Å². The molecule has 0 saturated heterocycles. The number of hydrogen-bond acceptors (Lipinski definition) is 5. The van der Waals surface area contributed by atoms with E-state index in [1.165, 1.54) is 16.7 Å². The summed E-state index contributed by atoms with van der Waals surface area (Å²) in [6.45, 7) is 3.67. The van der Waals surface area contributed by atoms with Crippen LogP contribution in [0.15, 0.2) is 113 Å². The zero-order chi connectivity index (χ0) is 31.7. The molecule has 1 N–H and O–H groups in total. The first-order valence-corrected chi connectivity index (χ1v) is 17.3. The Bertz CT molecular complexity index is 1650. The monoisotopic (exact) mass is 649 g/mol. The molecule has 0 radical (unpaired) electrons. The molecule has 44 heavy (non-hydrogen) atoms. The standard InChI is InChI=1S/C34H36ClN3O4S2/c1-4-36-34(40)32(22-26-8-6-5-7-9-26)37(23-27-12-14-28(35)15-13-27)33(39)24-38(29-16-10-25(2)11-17-29)44(41,42)31-20-18-30(43-3)19-21-31/h5-21,32H,4,22-24H2,1-3H3,(H,36,40)/t32-/m1/s1. The van der Waals surface area contributed by atoms with Gasteiger partial charge in [0.05, 0.1) is 10.6 Å². The first kappa shape index (κ1) is 33.1. The first-order valence-electron chi connectivity index (χ1n) is 14.2. The van der Waals surface area contributed by atoms with Crippen LogP contribution in [0.3, 0.4) is 0 Å². The number of sulfonamides is 1. The summed E-state index contributed by atoms with van der Waals surface area (Å²) >= 11 is 7.63. The lowest BCUT2D eigenvalue weighted by molar-refractivity contribution is -0.140. The highest BCUT2D eigenvalue weighted by molar-refractivity contribution is 7.98. The highest BCUT2D eigenvalue weighted by Gasteiger charge is 2.34. The van der Waals surface area contributed by atoms with Gasteiger partial charge in [0.2, 0.25) is 11.8 Å². The highest BCUT2D eigenvalue weighted by atomic mass is 35.5. The molecular weight excluding hydrogens is 614 g/mol. The maximum Gasteiger partial charge on any atom is 0.264 e. The molecule has 4 aromatic carbocycles. The van der Waals surface area contributed by atoms with E-state index in [0.717, 1.165) is 25.9 Å². The summed E-state index contributed by atoms with van der Waals surface area (Å²) < 4.78 is 29.4. The molecule has 2 amide bonds. The van der Waals surface area contributed by atoms with Gasteiger partial charge in [-0.1, -0.05) is 71.8 Å². The molecule has 10 heteroatoms. The van der Waals surface area contributed by atoms with Gasteiger partial charge < -0.3 is 10.2 Å². The Kier molecular flexibility index (Phi) is 11.5. The number of carbonyl (C=O) groups is 2. The van der Waals surface area contributed by atoms with Crippen LogP contribution in [-0.2, 0) is 32.6 Å². The number of amides is 2. The topological polar surface area (TPSA) is 86.8 Å². The number of aryl methyl sites for hydroxylation is 1. The van der Waals surface area contributed by atoms with Crippen molar-refractivity contribution < 1.29 is 18.0 Å². The fraction of sp³-hybridized carbons (Fsp3) is 0.235. The number of carbonyl (C=O) groups excluding carboxylic acids is 2. The van der Waals surface area contributed by atoms with E-state index in [4.69, 9.17) is 11.6 Å². The summed E-state index contributed by atoms with van der Waals surface area (Å²) in [5.74, 6) is -0.840. The van der Waals surface area contributed by atoms with Crippen LogP contribution in [0.5, 0.6) is 0 Å². The second-order valence-corrected chi connectivity index (χ2v) is 13.4. The molecule has 4 aromatic rings. The summed E-state index contributed by atoms with van der Waals surface area (Å²) in [6, 6.07) is 29.1. The third-order valence-electron chi connectivity index (χ3n) is 7.14. The van der Waals surface area contributed by atoms with Gasteiger partial charge >= 0.3 is 0 Å². The molecule has 0 aromatic heterocycles. The van der Waals surface area contributed by atoms with E-state index >= 15 is 0 Å². The predicted molar refractivity (Wildman–Crippen MR) is 179 cm³/mol. The third-order valence-corrected chi connectivity index (χ3v) is 9.92. The van der Waals surface area contributed by atoms with Crippen LogP contribution in [0.2, 0.25) is 5.02 Å². The zero-order valence-corrected chi connectivity index (χ0v) is 27.3. The van der Waals surface area contributed by atoms with Gasteiger partial charge in [-0.3, -0.25) is 13.9 Å². The van der Waals surface area contributed by atoms with E-state index < -0.39 is 28.5 Å². The molecule has 0 unspecified atom stereocenters. The van der Waals surface area contributed by atoms with Gasteiger partial charge in [0.15, 0.2) is 0 Å². The van der Waals surface area contributed by atoms with Crippen LogP contribution in [0, 0.1) is 6.92 Å². The van der Waals surface area contributed by atoms with Crippen molar-refractivity contribution in [3.63, 3.8) is 0 Å². The molecule has 7 nitrogen and oxygen atoms in total. The van der Waals surface area contributed by atoms with Crippen LogP contribution >= 0.6 is 23.4 Å². The minimum absolute atomic E-state index is 0.0671. The molecule has 4 rings (SSSR count). The summed E-state index contributed by atoms with van der Waals surface area (Å²) in [7, 11) is -4.16. The molecule has 0 aliphatic rings. The second-order valence-electron chi connectivity index (χ2n) is 10.3. The third kappa shape index (κ3) is 8.43. The average molecular weight is 650 g/mol. The van der Waals surface area contributed by atoms with Crippen molar-refractivity contribution in [2.24, 2.45) is 0 Å². The number of rotatable bonds is 13. The van der Waals surface area contributed by atoms with E-state index in [9.17, 15) is 18.0 Å². The average Bonchev–Trinajstić information content (AvgIpc) is 3.03. The molecule has 0 aliphatic carbocycles. The van der Waals surface area contributed by atoms with Crippen molar-refractivity contribution in [1.29, 1.82) is 0 Å². The van der Waals surface area contributed by atoms with Crippen LogP contribution in [0.1, 0.15) is 23.6 Å². The number of halogens is 1. The van der Waals surface area contributed by atoms with Crippen molar-refractivity contribution in [1.82, 2.24) is 10.2 Å². The minimum atomic E-state index is -4.16. The van der Waals surface area contributed by atoms with Crippen molar-refractivity contribution in [3.8, 4) is 0 Å². The molecule has 0 aliphatic heterocycles. The lowest BCUT2D eigenvalue weighted by atomic mass is 10.0. The van der Waals surface area contributed by atoms with Gasteiger partial charge in [-0.2, -0.15) is 0 Å². The predicted octanol–water partition coefficient (Wildman–Crippen LogP) is 6.34. The van der Waals surface area contributed by atoms with E-state index in [1.54, 1.807) is 72.8 Å². The maximum atomic E-state index is 14.4. The van der Waals surface area contributed by atoms with Gasteiger partial charge in [0.25, 0.3) is 10.0 Å². The highest BCUT2D eigenvalue weighted by Crippen LogP contribution is 2.27. The summed E-state index contributed by atoms with van der Waals surface area (Å²) in [4.78, 5) is 30.4. The Morgan fingerprint density at radius 2 is 1.50 bits per heavy atom. The quantitative estimate of drug-likeness (QED) is 0.171. The number of benzene rings is 4. The molecule has 0 heterocycles. The van der Waals surface area contributed by atoms with Crippen molar-refractivity contribution in [3.05, 3.63) is 125 Å². The molecule has 230 valence electrons. The smallest absolute Gasteiger partial charge is 0.264 e. The number of anilines is 1. The van der Waals surface area contributed by atoms with Crippen molar-refractivity contribution in [2.45, 2.75) is 42.6 Å². The fourth-order valence-corrected chi connectivity index (χ4v) is 6.70. The molecule has 0 fully saturated rings. The molecular formula is C34H36ClN3O4S2. The SMILES string of the molecule is CCNC(=O)[C@@H](Cc1ccccc1)N(Cc1ccc(Cl)cc1)C(=O)CN(c1ccc(C)cc1)S(=O)(=O)c1ccc(SC)cc1. The number of nitrogens with zero attached hydrogens (tertiary/aromatic N) is 2. The van der Waals surface area contributed by atoms with Gasteiger partial charge in [-0.15, -0.1) is 11.8 Å². The summed E-state index contributed by atoms with van der Waals surface area (Å²) in [6.07, 6.45) is 2.16. The van der Waals surface area contributed by atoms with Crippen LogP contribution in [0.25, 0.3) is 0 Å². The zero-order valence-electron chi connectivity index (χ0n) is 24.9.